The number of hydrogen-bond donors (Lipinski definition) is 7. The summed E-state index contributed by atoms with van der Waals surface area (Å²) in [6, 6.07) is 1.08. The summed E-state index contributed by atoms with van der Waals surface area (Å²) in [5, 5.41) is 42.0. The van der Waals surface area contributed by atoms with Crippen LogP contribution >= 0.6 is 7.60 Å². The number of carbonyl (C=O) groups excluding carboxylic acids is 4. The Kier molecular flexibility index (Phi) is 23.9. The number of Topliss-reactive ketones (excluding diaryl/α,β-unsaturated/α-hetero) is 2. The standard InChI is InChI=1S/C36H53FN3O15P/c37-30-16-13-25(22-39-30)29(42)11-5-1-2-6-12-31(43)38-19-7-3-4-9-27(41)21-24(34(47)48)14-17-32(44)40-28(36(51)52)10-8-20-55-56(53,54)23-26(35(49)50)15-18-33(45)46/h13,16,22,24,26,28H,1-12,14-15,17-21,23H2,(H,38,43)(H,40,44)(H,45,46)(H,47,48)(H,49,50)(H,51,52)(H,53,54)/t24-,26-,28+/m1/s1/i37-1. The van der Waals surface area contributed by atoms with Crippen molar-refractivity contribution in [2.75, 3.05) is 19.3 Å². The molecule has 1 aromatic heterocycles. The summed E-state index contributed by atoms with van der Waals surface area (Å²) >= 11 is 0. The second-order valence-electron chi connectivity index (χ2n) is 13.4. The number of hydrogen-bond acceptors (Lipinski definition) is 11. The Labute approximate surface area is 323 Å². The van der Waals surface area contributed by atoms with Crippen molar-refractivity contribution >= 4 is 54.9 Å². The Morgan fingerprint density at radius 1 is 0.714 bits per heavy atom. The van der Waals surface area contributed by atoms with Gasteiger partial charge in [0.1, 0.15) is 11.8 Å². The summed E-state index contributed by atoms with van der Waals surface area (Å²) in [5.41, 5.74) is 0.362. The minimum Gasteiger partial charge on any atom is -0.481 e. The van der Waals surface area contributed by atoms with Crippen LogP contribution < -0.4 is 10.6 Å². The van der Waals surface area contributed by atoms with Gasteiger partial charge in [-0.05, 0) is 63.5 Å². The molecule has 7 N–H and O–H groups in total. The molecule has 0 aliphatic carbocycles. The van der Waals surface area contributed by atoms with Gasteiger partial charge in [0.15, 0.2) is 5.78 Å². The smallest absolute Gasteiger partial charge is 0.328 e. The van der Waals surface area contributed by atoms with E-state index in [9.17, 15) is 67.5 Å². The van der Waals surface area contributed by atoms with E-state index in [0.29, 0.717) is 57.1 Å². The number of ketones is 2. The van der Waals surface area contributed by atoms with E-state index in [0.717, 1.165) is 18.9 Å². The van der Waals surface area contributed by atoms with Gasteiger partial charge in [0.25, 0.3) is 0 Å². The van der Waals surface area contributed by atoms with Crippen molar-refractivity contribution in [1.29, 1.82) is 0 Å². The maximum Gasteiger partial charge on any atom is 0.328 e. The molecule has 2 amide bonds. The van der Waals surface area contributed by atoms with Crippen LogP contribution in [-0.4, -0.2) is 103 Å². The van der Waals surface area contributed by atoms with E-state index in [1.54, 1.807) is 0 Å². The van der Waals surface area contributed by atoms with Gasteiger partial charge in [-0.15, -0.1) is 0 Å². The van der Waals surface area contributed by atoms with Crippen LogP contribution in [0, 0.1) is 17.8 Å². The lowest BCUT2D eigenvalue weighted by Gasteiger charge is -2.18. The number of carboxylic acids is 4. The molecule has 4 atom stereocenters. The number of pyridine rings is 1. The molecule has 1 heterocycles. The number of amides is 2. The van der Waals surface area contributed by atoms with Gasteiger partial charge in [-0.3, -0.25) is 38.1 Å². The molecule has 1 aromatic rings. The lowest BCUT2D eigenvalue weighted by molar-refractivity contribution is -0.145. The molecule has 0 radical (unpaired) electrons. The fourth-order valence-corrected chi connectivity index (χ4v) is 6.90. The monoisotopic (exact) mass is 816 g/mol. The largest absolute Gasteiger partial charge is 0.481 e. The Hall–Kier alpha value is -4.61. The Bertz CT molecular complexity index is 1530. The molecule has 56 heavy (non-hydrogen) atoms. The fourth-order valence-electron chi connectivity index (χ4n) is 5.49. The predicted molar refractivity (Wildman–Crippen MR) is 195 cm³/mol. The fraction of sp³-hybridized carbons (Fsp3) is 0.639. The van der Waals surface area contributed by atoms with Crippen LogP contribution in [0.25, 0.3) is 0 Å². The quantitative estimate of drug-likeness (QED) is 0.0228. The summed E-state index contributed by atoms with van der Waals surface area (Å²) in [6.45, 7) is -0.0551. The first-order valence-corrected chi connectivity index (χ1v) is 20.3. The third-order valence-corrected chi connectivity index (χ3v) is 10.2. The number of aliphatic carboxylic acids is 4. The van der Waals surface area contributed by atoms with Gasteiger partial charge in [-0.1, -0.05) is 19.3 Å². The van der Waals surface area contributed by atoms with Crippen molar-refractivity contribution in [2.24, 2.45) is 11.8 Å². The third-order valence-electron chi connectivity index (χ3n) is 8.68. The number of nitrogens with one attached hydrogen (secondary N) is 2. The molecule has 0 fully saturated rings. The van der Waals surface area contributed by atoms with Gasteiger partial charge in [0.05, 0.1) is 24.6 Å². The van der Waals surface area contributed by atoms with Crippen molar-refractivity contribution in [1.82, 2.24) is 15.6 Å². The number of rotatable bonds is 33. The molecule has 0 spiro atoms. The maximum atomic E-state index is 12.9. The van der Waals surface area contributed by atoms with E-state index < -0.39 is 93.2 Å². The van der Waals surface area contributed by atoms with Gasteiger partial charge in [-0.2, -0.15) is 4.39 Å². The number of nitrogens with zero attached hydrogens (tertiary/aromatic N) is 1. The summed E-state index contributed by atoms with van der Waals surface area (Å²) in [4.78, 5) is 108. The summed E-state index contributed by atoms with van der Waals surface area (Å²) in [7, 11) is -4.47. The van der Waals surface area contributed by atoms with E-state index in [4.69, 9.17) is 9.63 Å². The first-order chi connectivity index (χ1) is 26.4. The molecule has 1 unspecified atom stereocenters. The van der Waals surface area contributed by atoms with Crippen LogP contribution in [0.3, 0.4) is 0 Å². The lowest BCUT2D eigenvalue weighted by Crippen LogP contribution is -2.41. The number of halogens is 1. The van der Waals surface area contributed by atoms with Crippen LogP contribution in [0.4, 0.5) is 4.39 Å². The second kappa shape index (κ2) is 27.1. The van der Waals surface area contributed by atoms with Gasteiger partial charge < -0.3 is 40.5 Å². The molecule has 0 aliphatic rings. The lowest BCUT2D eigenvalue weighted by atomic mass is 9.94. The third kappa shape index (κ3) is 23.3. The molecule has 0 saturated heterocycles. The molecular formula is C36H53FN3O15P. The highest BCUT2D eigenvalue weighted by Crippen LogP contribution is 2.44. The molecule has 0 bridgehead atoms. The van der Waals surface area contributed by atoms with Crippen LogP contribution in [-0.2, 0) is 42.7 Å². The number of aromatic nitrogens is 1. The maximum absolute atomic E-state index is 12.9. The molecular weight excluding hydrogens is 763 g/mol. The van der Waals surface area contributed by atoms with Gasteiger partial charge in [-0.25, -0.2) is 9.78 Å². The Morgan fingerprint density at radius 2 is 1.34 bits per heavy atom. The number of carboxylic acid groups (broad SMARTS) is 4. The predicted octanol–water partition coefficient (Wildman–Crippen LogP) is 3.98. The van der Waals surface area contributed by atoms with Gasteiger partial charge in [0.2, 0.25) is 17.8 Å². The van der Waals surface area contributed by atoms with Gasteiger partial charge >= 0.3 is 31.5 Å². The molecule has 20 heteroatoms. The van der Waals surface area contributed by atoms with Crippen molar-refractivity contribution < 1.29 is 77.2 Å². The van der Waals surface area contributed by atoms with Crippen LogP contribution in [0.15, 0.2) is 18.3 Å². The average Bonchev–Trinajstić information content (AvgIpc) is 3.12. The SMILES string of the molecule is O=C(O)CC[C@H](CP(=O)(O)OCCC[C@H](NC(=O)CC[C@H](CC(=O)CCCCCNC(=O)CCCCCCC(=O)c1ccc([18F])nc1)C(=O)O)C(=O)O)C(=O)O. The van der Waals surface area contributed by atoms with Crippen molar-refractivity contribution in [3.63, 3.8) is 0 Å². The van der Waals surface area contributed by atoms with Crippen LogP contribution in [0.2, 0.25) is 0 Å². The van der Waals surface area contributed by atoms with E-state index in [-0.39, 0.29) is 49.6 Å². The van der Waals surface area contributed by atoms with E-state index in [1.807, 2.05) is 0 Å². The minimum absolute atomic E-state index is 0.104. The Morgan fingerprint density at radius 3 is 1.95 bits per heavy atom. The van der Waals surface area contributed by atoms with E-state index in [2.05, 4.69) is 15.6 Å². The van der Waals surface area contributed by atoms with Crippen molar-refractivity contribution in [3.8, 4) is 0 Å². The number of unbranched alkanes of at least 4 members (excludes halogenated alkanes) is 5. The average molecular weight is 817 g/mol. The highest BCUT2D eigenvalue weighted by molar-refractivity contribution is 7.52. The zero-order valence-corrected chi connectivity index (χ0v) is 32.1. The molecule has 1 rings (SSSR count). The molecule has 0 saturated carbocycles. The topological polar surface area (TPSA) is 301 Å². The van der Waals surface area contributed by atoms with E-state index in [1.165, 1.54) is 12.3 Å². The summed E-state index contributed by atoms with van der Waals surface area (Å²) in [5.74, 6) is -10.1. The first kappa shape index (κ1) is 49.4. The van der Waals surface area contributed by atoms with Crippen molar-refractivity contribution in [2.45, 2.75) is 115 Å². The molecule has 314 valence electrons. The highest BCUT2D eigenvalue weighted by atomic mass is 31.2. The zero-order valence-electron chi connectivity index (χ0n) is 31.2. The normalized spacial score (nSPS) is 13.8. The second-order valence-corrected chi connectivity index (χ2v) is 15.3. The zero-order chi connectivity index (χ0) is 42.1. The highest BCUT2D eigenvalue weighted by Gasteiger charge is 2.31. The minimum atomic E-state index is -4.47. The summed E-state index contributed by atoms with van der Waals surface area (Å²) in [6.07, 6.45) is 3.36. The first-order valence-electron chi connectivity index (χ1n) is 18.5. The van der Waals surface area contributed by atoms with Crippen LogP contribution in [0.5, 0.6) is 0 Å². The molecule has 0 aliphatic heterocycles. The van der Waals surface area contributed by atoms with E-state index >= 15 is 0 Å². The molecule has 18 nitrogen and oxygen atoms in total. The Balaban J connectivity index is 2.26. The van der Waals surface area contributed by atoms with Gasteiger partial charge in [0, 0.05) is 56.8 Å². The van der Waals surface area contributed by atoms with Crippen molar-refractivity contribution in [3.05, 3.63) is 29.8 Å². The molecule has 0 aromatic carbocycles. The summed E-state index contributed by atoms with van der Waals surface area (Å²) < 4.78 is 30.0. The number of carbonyl (C=O) groups is 8. The van der Waals surface area contributed by atoms with Crippen LogP contribution in [0.1, 0.15) is 120 Å².